The van der Waals surface area contributed by atoms with Crippen molar-refractivity contribution in [3.8, 4) is 0 Å². The Labute approximate surface area is 280 Å². The Kier molecular flexibility index (Phi) is 34.8. The highest BCUT2D eigenvalue weighted by atomic mass is 16.5. The standard InChI is InChI=1S/C39H77NO5/c1-4-7-10-12-18-22-28-37(29-23-19-13-11-8-5-2)45-39(43)31-27-33-40(34-35-41)32-25-21-17-15-14-16-20-24-30-38(42)44-36-26-9-6-3/h37,41H,4-36H2,1-3H3. The van der Waals surface area contributed by atoms with Crippen LogP contribution in [0.15, 0.2) is 0 Å². The topological polar surface area (TPSA) is 76.1 Å². The Bertz CT molecular complexity index is 613. The van der Waals surface area contributed by atoms with Crippen LogP contribution in [0.1, 0.15) is 201 Å². The van der Waals surface area contributed by atoms with Gasteiger partial charge < -0.3 is 19.5 Å². The number of carbonyl (C=O) groups is 2. The van der Waals surface area contributed by atoms with E-state index >= 15 is 0 Å². The lowest BCUT2D eigenvalue weighted by molar-refractivity contribution is -0.150. The van der Waals surface area contributed by atoms with Crippen molar-refractivity contribution in [3.05, 3.63) is 0 Å². The van der Waals surface area contributed by atoms with E-state index in [9.17, 15) is 14.7 Å². The number of unbranched alkanes of at least 4 members (excludes halogenated alkanes) is 19. The summed E-state index contributed by atoms with van der Waals surface area (Å²) < 4.78 is 11.3. The van der Waals surface area contributed by atoms with Gasteiger partial charge in [0, 0.05) is 19.4 Å². The summed E-state index contributed by atoms with van der Waals surface area (Å²) in [5.41, 5.74) is 0. The van der Waals surface area contributed by atoms with Crippen molar-refractivity contribution in [2.75, 3.05) is 32.8 Å². The van der Waals surface area contributed by atoms with Crippen LogP contribution in [-0.4, -0.2) is 60.9 Å². The fourth-order valence-electron chi connectivity index (χ4n) is 6.01. The summed E-state index contributed by atoms with van der Waals surface area (Å²) in [5, 5.41) is 9.54. The zero-order valence-electron chi connectivity index (χ0n) is 30.4. The minimum absolute atomic E-state index is 0.0355. The first-order valence-corrected chi connectivity index (χ1v) is 19.8. The maximum absolute atomic E-state index is 12.8. The van der Waals surface area contributed by atoms with E-state index in [4.69, 9.17) is 9.47 Å². The van der Waals surface area contributed by atoms with E-state index in [-0.39, 0.29) is 24.6 Å². The maximum atomic E-state index is 12.8. The van der Waals surface area contributed by atoms with Crippen LogP contribution in [0.25, 0.3) is 0 Å². The Morgan fingerprint density at radius 1 is 0.511 bits per heavy atom. The van der Waals surface area contributed by atoms with Gasteiger partial charge in [-0.15, -0.1) is 0 Å². The van der Waals surface area contributed by atoms with Crippen molar-refractivity contribution in [1.29, 1.82) is 0 Å². The molecule has 0 aliphatic rings. The molecule has 0 rings (SSSR count). The van der Waals surface area contributed by atoms with Gasteiger partial charge in [-0.05, 0) is 64.5 Å². The minimum Gasteiger partial charge on any atom is -0.466 e. The van der Waals surface area contributed by atoms with Gasteiger partial charge in [-0.2, -0.15) is 0 Å². The van der Waals surface area contributed by atoms with Crippen molar-refractivity contribution in [1.82, 2.24) is 4.90 Å². The van der Waals surface area contributed by atoms with Gasteiger partial charge in [0.05, 0.1) is 13.2 Å². The number of esters is 2. The summed E-state index contributed by atoms with van der Waals surface area (Å²) in [6, 6.07) is 0. The van der Waals surface area contributed by atoms with Gasteiger partial charge in [0.1, 0.15) is 6.10 Å². The van der Waals surface area contributed by atoms with Crippen LogP contribution in [0.5, 0.6) is 0 Å². The summed E-state index contributed by atoms with van der Waals surface area (Å²) in [6.07, 6.45) is 31.7. The molecule has 0 aromatic heterocycles. The molecule has 268 valence electrons. The lowest BCUT2D eigenvalue weighted by atomic mass is 10.0. The average molecular weight is 640 g/mol. The molecule has 0 unspecified atom stereocenters. The first-order valence-electron chi connectivity index (χ1n) is 19.8. The summed E-state index contributed by atoms with van der Waals surface area (Å²) >= 11 is 0. The second kappa shape index (κ2) is 35.7. The SMILES string of the molecule is CCCCCCCCC(CCCCCCCC)OC(=O)CCCN(CCO)CCCCCCCCCCC(=O)OCCCCC. The Balaban J connectivity index is 4.08. The largest absolute Gasteiger partial charge is 0.466 e. The molecule has 0 radical (unpaired) electrons. The molecule has 0 spiro atoms. The number of aliphatic hydroxyl groups is 1. The second-order valence-electron chi connectivity index (χ2n) is 13.4. The Morgan fingerprint density at radius 2 is 0.956 bits per heavy atom. The van der Waals surface area contributed by atoms with E-state index in [2.05, 4.69) is 25.7 Å². The minimum atomic E-state index is -0.0372. The molecule has 6 heteroatoms. The van der Waals surface area contributed by atoms with Crippen molar-refractivity contribution in [2.24, 2.45) is 0 Å². The first-order chi connectivity index (χ1) is 22.1. The van der Waals surface area contributed by atoms with E-state index < -0.39 is 0 Å². The monoisotopic (exact) mass is 640 g/mol. The molecule has 0 aromatic carbocycles. The van der Waals surface area contributed by atoms with Crippen molar-refractivity contribution in [2.45, 2.75) is 207 Å². The zero-order chi connectivity index (χ0) is 33.1. The molecular formula is C39H77NO5. The van der Waals surface area contributed by atoms with Gasteiger partial charge in [-0.3, -0.25) is 9.59 Å². The maximum Gasteiger partial charge on any atom is 0.306 e. The highest BCUT2D eigenvalue weighted by molar-refractivity contribution is 5.69. The zero-order valence-corrected chi connectivity index (χ0v) is 30.4. The molecule has 0 aliphatic carbocycles. The highest BCUT2D eigenvalue weighted by Gasteiger charge is 2.15. The fourth-order valence-corrected chi connectivity index (χ4v) is 6.01. The molecule has 0 aliphatic heterocycles. The first kappa shape index (κ1) is 43.9. The number of nitrogens with zero attached hydrogens (tertiary/aromatic N) is 1. The molecule has 0 atom stereocenters. The van der Waals surface area contributed by atoms with Crippen LogP contribution in [0.4, 0.5) is 0 Å². The molecule has 0 aromatic rings. The number of aliphatic hydroxyl groups excluding tert-OH is 1. The highest BCUT2D eigenvalue weighted by Crippen LogP contribution is 2.18. The van der Waals surface area contributed by atoms with E-state index in [1.807, 2.05) is 0 Å². The van der Waals surface area contributed by atoms with Crippen molar-refractivity contribution >= 4 is 11.9 Å². The predicted octanol–water partition coefficient (Wildman–Crippen LogP) is 10.7. The van der Waals surface area contributed by atoms with Crippen molar-refractivity contribution < 1.29 is 24.2 Å². The normalized spacial score (nSPS) is 11.5. The third-order valence-corrected chi connectivity index (χ3v) is 8.95. The molecule has 0 bridgehead atoms. The summed E-state index contributed by atoms with van der Waals surface area (Å²) in [4.78, 5) is 26.8. The Morgan fingerprint density at radius 3 is 1.51 bits per heavy atom. The lowest BCUT2D eigenvalue weighted by Crippen LogP contribution is -2.29. The lowest BCUT2D eigenvalue weighted by Gasteiger charge is -2.22. The van der Waals surface area contributed by atoms with Gasteiger partial charge in [-0.25, -0.2) is 0 Å². The van der Waals surface area contributed by atoms with Crippen LogP contribution in [-0.2, 0) is 19.1 Å². The van der Waals surface area contributed by atoms with Crippen LogP contribution in [0.2, 0.25) is 0 Å². The van der Waals surface area contributed by atoms with E-state index in [1.54, 1.807) is 0 Å². The summed E-state index contributed by atoms with van der Waals surface area (Å²) in [6.45, 7) is 9.90. The van der Waals surface area contributed by atoms with Gasteiger partial charge in [-0.1, -0.05) is 136 Å². The molecule has 0 amide bonds. The smallest absolute Gasteiger partial charge is 0.306 e. The van der Waals surface area contributed by atoms with Crippen LogP contribution >= 0.6 is 0 Å². The molecule has 0 saturated heterocycles. The number of carbonyl (C=O) groups excluding carboxylic acids is 2. The van der Waals surface area contributed by atoms with Crippen LogP contribution < -0.4 is 0 Å². The number of rotatable bonds is 36. The molecule has 1 N–H and O–H groups in total. The van der Waals surface area contributed by atoms with E-state index in [1.165, 1.54) is 96.3 Å². The molecule has 0 heterocycles. The molecule has 6 nitrogen and oxygen atoms in total. The van der Waals surface area contributed by atoms with Gasteiger partial charge in [0.15, 0.2) is 0 Å². The quantitative estimate of drug-likeness (QED) is 0.0543. The molecule has 0 saturated carbocycles. The van der Waals surface area contributed by atoms with Crippen molar-refractivity contribution in [3.63, 3.8) is 0 Å². The second-order valence-corrected chi connectivity index (χ2v) is 13.4. The van der Waals surface area contributed by atoms with Crippen LogP contribution in [0.3, 0.4) is 0 Å². The molecule has 45 heavy (non-hydrogen) atoms. The van der Waals surface area contributed by atoms with E-state index in [0.717, 1.165) is 83.7 Å². The van der Waals surface area contributed by atoms with Gasteiger partial charge in [0.2, 0.25) is 0 Å². The summed E-state index contributed by atoms with van der Waals surface area (Å²) in [5.74, 6) is -0.0728. The molecular weight excluding hydrogens is 562 g/mol. The third-order valence-electron chi connectivity index (χ3n) is 8.95. The number of hydrogen-bond acceptors (Lipinski definition) is 6. The predicted molar refractivity (Wildman–Crippen MR) is 191 cm³/mol. The third kappa shape index (κ3) is 32.6. The van der Waals surface area contributed by atoms with Crippen LogP contribution in [0, 0.1) is 0 Å². The van der Waals surface area contributed by atoms with Gasteiger partial charge >= 0.3 is 11.9 Å². The number of ether oxygens (including phenoxy) is 2. The fraction of sp³-hybridized carbons (Fsp3) is 0.949. The van der Waals surface area contributed by atoms with E-state index in [0.29, 0.717) is 26.0 Å². The molecule has 0 fully saturated rings. The summed E-state index contributed by atoms with van der Waals surface area (Å²) in [7, 11) is 0. The average Bonchev–Trinajstić information content (AvgIpc) is 3.03. The van der Waals surface area contributed by atoms with Gasteiger partial charge in [0.25, 0.3) is 0 Å². The number of hydrogen-bond donors (Lipinski definition) is 1. The Hall–Kier alpha value is -1.14.